The van der Waals surface area contributed by atoms with Gasteiger partial charge in [0.2, 0.25) is 0 Å². The lowest BCUT2D eigenvalue weighted by Crippen LogP contribution is -2.36. The van der Waals surface area contributed by atoms with Crippen molar-refractivity contribution in [2.45, 2.75) is 39.5 Å². The molecule has 0 saturated heterocycles. The molecule has 2 N–H and O–H groups in total. The van der Waals surface area contributed by atoms with Crippen molar-refractivity contribution in [2.24, 2.45) is 4.99 Å². The third kappa shape index (κ3) is 5.22. The van der Waals surface area contributed by atoms with E-state index in [4.69, 9.17) is 4.74 Å². The summed E-state index contributed by atoms with van der Waals surface area (Å²) in [5.41, 5.74) is 3.00. The van der Waals surface area contributed by atoms with Crippen LogP contribution in [0.1, 0.15) is 31.9 Å². The Morgan fingerprint density at radius 3 is 2.36 bits per heavy atom. The van der Waals surface area contributed by atoms with Crippen LogP contribution in [0, 0.1) is 0 Å². The number of rotatable bonds is 5. The van der Waals surface area contributed by atoms with Gasteiger partial charge in [0.05, 0.1) is 5.52 Å². The van der Waals surface area contributed by atoms with Crippen LogP contribution in [0.4, 0.5) is 0 Å². The molecular formula is C23H28N4O. The average molecular weight is 377 g/mol. The summed E-state index contributed by atoms with van der Waals surface area (Å²) in [6.07, 6.45) is 1.82. The molecule has 3 aromatic rings. The lowest BCUT2D eigenvalue weighted by Gasteiger charge is -2.23. The van der Waals surface area contributed by atoms with Crippen molar-refractivity contribution in [1.29, 1.82) is 0 Å². The summed E-state index contributed by atoms with van der Waals surface area (Å²) in [4.78, 5) is 8.84. The second kappa shape index (κ2) is 8.74. The number of pyridine rings is 1. The minimum Gasteiger partial charge on any atom is -0.488 e. The Labute approximate surface area is 166 Å². The van der Waals surface area contributed by atoms with Crippen LogP contribution in [0.25, 0.3) is 10.9 Å². The number of nitrogens with one attached hydrogen (secondary N) is 2. The molecule has 0 radical (unpaired) electrons. The van der Waals surface area contributed by atoms with Gasteiger partial charge in [0.25, 0.3) is 0 Å². The maximum absolute atomic E-state index is 6.07. The molecule has 0 aliphatic rings. The lowest BCUT2D eigenvalue weighted by atomic mass is 10.1. The standard InChI is InChI=1S/C23H28N4O/c1-23(2,3)28-20-13-6-5-9-18(20)15-26-22(24-4)27-16-19-11-7-10-17-12-8-14-25-21(17)19/h5-14H,15-16H2,1-4H3,(H2,24,26,27). The minimum atomic E-state index is -0.239. The highest BCUT2D eigenvalue weighted by Gasteiger charge is 2.14. The molecule has 28 heavy (non-hydrogen) atoms. The lowest BCUT2D eigenvalue weighted by molar-refractivity contribution is 0.129. The van der Waals surface area contributed by atoms with Gasteiger partial charge in [0, 0.05) is 37.3 Å². The van der Waals surface area contributed by atoms with E-state index in [1.54, 1.807) is 7.05 Å². The van der Waals surface area contributed by atoms with E-state index in [0.29, 0.717) is 13.1 Å². The zero-order valence-corrected chi connectivity index (χ0v) is 17.0. The highest BCUT2D eigenvalue weighted by molar-refractivity contribution is 5.83. The molecule has 0 amide bonds. The predicted molar refractivity (Wildman–Crippen MR) is 116 cm³/mol. The Morgan fingerprint density at radius 2 is 1.61 bits per heavy atom. The van der Waals surface area contributed by atoms with Crippen molar-refractivity contribution in [3.05, 3.63) is 71.9 Å². The summed E-state index contributed by atoms with van der Waals surface area (Å²) in [5, 5.41) is 7.88. The summed E-state index contributed by atoms with van der Waals surface area (Å²) in [6.45, 7) is 7.43. The van der Waals surface area contributed by atoms with E-state index in [0.717, 1.165) is 33.7 Å². The molecule has 3 rings (SSSR count). The summed E-state index contributed by atoms with van der Waals surface area (Å²) < 4.78 is 6.07. The van der Waals surface area contributed by atoms with Gasteiger partial charge in [-0.15, -0.1) is 0 Å². The number of hydrogen-bond acceptors (Lipinski definition) is 3. The molecule has 0 aliphatic carbocycles. The first-order valence-corrected chi connectivity index (χ1v) is 9.50. The SMILES string of the molecule is CN=C(NCc1ccccc1OC(C)(C)C)NCc1cccc2cccnc12. The van der Waals surface area contributed by atoms with Crippen LogP contribution in [0.15, 0.2) is 65.8 Å². The number of aliphatic imine (C=N–C) groups is 1. The van der Waals surface area contributed by atoms with Crippen LogP contribution >= 0.6 is 0 Å². The van der Waals surface area contributed by atoms with Crippen LogP contribution in [-0.4, -0.2) is 23.6 Å². The highest BCUT2D eigenvalue weighted by Crippen LogP contribution is 2.22. The fourth-order valence-electron chi connectivity index (χ4n) is 2.97. The fourth-order valence-corrected chi connectivity index (χ4v) is 2.97. The summed E-state index contributed by atoms with van der Waals surface area (Å²) >= 11 is 0. The van der Waals surface area contributed by atoms with E-state index in [1.807, 2.05) is 30.5 Å². The largest absolute Gasteiger partial charge is 0.488 e. The summed E-state index contributed by atoms with van der Waals surface area (Å²) in [6, 6.07) is 18.3. The zero-order chi connectivity index (χ0) is 20.0. The Hall–Kier alpha value is -3.08. The minimum absolute atomic E-state index is 0.239. The van der Waals surface area contributed by atoms with Gasteiger partial charge in [-0.05, 0) is 38.5 Å². The van der Waals surface area contributed by atoms with Gasteiger partial charge < -0.3 is 15.4 Å². The van der Waals surface area contributed by atoms with Crippen molar-refractivity contribution >= 4 is 16.9 Å². The summed E-state index contributed by atoms with van der Waals surface area (Å²) in [5.74, 6) is 1.62. The van der Waals surface area contributed by atoms with Gasteiger partial charge in [0.15, 0.2) is 5.96 Å². The Kier molecular flexibility index (Phi) is 6.14. The number of guanidine groups is 1. The molecule has 146 valence electrons. The van der Waals surface area contributed by atoms with Crippen molar-refractivity contribution in [2.75, 3.05) is 7.05 Å². The zero-order valence-electron chi connectivity index (χ0n) is 17.0. The molecular weight excluding hydrogens is 348 g/mol. The van der Waals surface area contributed by atoms with Crippen LogP contribution in [0.5, 0.6) is 5.75 Å². The second-order valence-corrected chi connectivity index (χ2v) is 7.59. The van der Waals surface area contributed by atoms with Gasteiger partial charge in [-0.25, -0.2) is 0 Å². The van der Waals surface area contributed by atoms with E-state index in [-0.39, 0.29) is 5.60 Å². The second-order valence-electron chi connectivity index (χ2n) is 7.59. The maximum Gasteiger partial charge on any atom is 0.191 e. The molecule has 5 heteroatoms. The molecule has 0 bridgehead atoms. The smallest absolute Gasteiger partial charge is 0.191 e. The number of ether oxygens (including phenoxy) is 1. The number of aromatic nitrogens is 1. The number of fused-ring (bicyclic) bond motifs is 1. The number of benzene rings is 2. The molecule has 0 fully saturated rings. The van der Waals surface area contributed by atoms with Crippen molar-refractivity contribution in [1.82, 2.24) is 15.6 Å². The molecule has 2 aromatic carbocycles. The third-order valence-electron chi connectivity index (χ3n) is 4.22. The first-order valence-electron chi connectivity index (χ1n) is 9.50. The van der Waals surface area contributed by atoms with Crippen LogP contribution in [0.2, 0.25) is 0 Å². The normalized spacial score (nSPS) is 12.1. The van der Waals surface area contributed by atoms with Gasteiger partial charge in [-0.2, -0.15) is 0 Å². The average Bonchev–Trinajstić information content (AvgIpc) is 2.68. The van der Waals surface area contributed by atoms with Gasteiger partial charge in [-0.3, -0.25) is 9.98 Å². The molecule has 1 aromatic heterocycles. The van der Waals surface area contributed by atoms with Crippen molar-refractivity contribution in [3.63, 3.8) is 0 Å². The highest BCUT2D eigenvalue weighted by atomic mass is 16.5. The van der Waals surface area contributed by atoms with E-state index in [2.05, 4.69) is 71.7 Å². The topological polar surface area (TPSA) is 58.5 Å². The monoisotopic (exact) mass is 376 g/mol. The van der Waals surface area contributed by atoms with Crippen LogP contribution in [-0.2, 0) is 13.1 Å². The predicted octanol–water partition coefficient (Wildman–Crippen LogP) is 4.28. The molecule has 0 unspecified atom stereocenters. The number of para-hydroxylation sites is 2. The van der Waals surface area contributed by atoms with Crippen LogP contribution < -0.4 is 15.4 Å². The number of nitrogens with zero attached hydrogens (tertiary/aromatic N) is 2. The van der Waals surface area contributed by atoms with Gasteiger partial charge >= 0.3 is 0 Å². The summed E-state index contributed by atoms with van der Waals surface area (Å²) in [7, 11) is 1.77. The van der Waals surface area contributed by atoms with E-state index >= 15 is 0 Å². The molecule has 0 saturated carbocycles. The quantitative estimate of drug-likeness (QED) is 0.515. The maximum atomic E-state index is 6.07. The van der Waals surface area contributed by atoms with Crippen molar-refractivity contribution < 1.29 is 4.74 Å². The van der Waals surface area contributed by atoms with Gasteiger partial charge in [-0.1, -0.05) is 42.5 Å². The molecule has 0 aliphatic heterocycles. The Morgan fingerprint density at radius 1 is 0.929 bits per heavy atom. The van der Waals surface area contributed by atoms with E-state index in [9.17, 15) is 0 Å². The number of hydrogen-bond donors (Lipinski definition) is 2. The molecule has 0 atom stereocenters. The fraction of sp³-hybridized carbons (Fsp3) is 0.304. The van der Waals surface area contributed by atoms with Crippen LogP contribution in [0.3, 0.4) is 0 Å². The molecule has 0 spiro atoms. The first-order chi connectivity index (χ1) is 13.5. The van der Waals surface area contributed by atoms with Gasteiger partial charge in [0.1, 0.15) is 11.4 Å². The molecule has 5 nitrogen and oxygen atoms in total. The van der Waals surface area contributed by atoms with E-state index < -0.39 is 0 Å². The van der Waals surface area contributed by atoms with Crippen molar-refractivity contribution in [3.8, 4) is 5.75 Å². The Balaban J connectivity index is 1.65. The molecule has 1 heterocycles. The third-order valence-corrected chi connectivity index (χ3v) is 4.22. The van der Waals surface area contributed by atoms with E-state index in [1.165, 1.54) is 0 Å². The first kappa shape index (κ1) is 19.7. The Bertz CT molecular complexity index is 955.